The average Bonchev–Trinajstić information content (AvgIpc) is 2.39. The number of hydrogen-bond acceptors (Lipinski definition) is 2. The molecule has 0 aromatic heterocycles. The first-order valence-electron chi connectivity index (χ1n) is 7.16. The minimum absolute atomic E-state index is 0.438. The van der Waals surface area contributed by atoms with Gasteiger partial charge in [-0.3, -0.25) is 0 Å². The zero-order chi connectivity index (χ0) is 13.0. The highest BCUT2D eigenvalue weighted by Crippen LogP contribution is 2.21. The second kappa shape index (κ2) is 6.35. The van der Waals surface area contributed by atoms with Crippen molar-refractivity contribution >= 4 is 0 Å². The largest absolute Gasteiger partial charge is 0.307 e. The lowest BCUT2D eigenvalue weighted by molar-refractivity contribution is 0.174. The number of benzene rings is 1. The lowest BCUT2D eigenvalue weighted by Gasteiger charge is -2.35. The highest BCUT2D eigenvalue weighted by molar-refractivity contribution is 5.18. The summed E-state index contributed by atoms with van der Waals surface area (Å²) in [6, 6.07) is 11.8. The summed E-state index contributed by atoms with van der Waals surface area (Å²) in [5.74, 6) is 0.787. The van der Waals surface area contributed by atoms with Crippen molar-refractivity contribution in [2.75, 3.05) is 20.1 Å². The fourth-order valence-electron chi connectivity index (χ4n) is 2.98. The number of nitrogens with zero attached hydrogens (tertiary/aromatic N) is 1. The Labute approximate surface area is 111 Å². The molecular formula is C16H26N2. The molecule has 1 fully saturated rings. The summed E-state index contributed by atoms with van der Waals surface area (Å²) in [7, 11) is 2.24. The molecule has 1 aromatic carbocycles. The van der Waals surface area contributed by atoms with E-state index >= 15 is 0 Å². The van der Waals surface area contributed by atoms with Crippen molar-refractivity contribution in [2.45, 2.75) is 38.8 Å². The van der Waals surface area contributed by atoms with Gasteiger partial charge in [-0.1, -0.05) is 30.3 Å². The van der Waals surface area contributed by atoms with E-state index in [1.54, 1.807) is 0 Å². The zero-order valence-corrected chi connectivity index (χ0v) is 11.9. The summed E-state index contributed by atoms with van der Waals surface area (Å²) >= 11 is 0. The molecule has 0 amide bonds. The summed E-state index contributed by atoms with van der Waals surface area (Å²) in [5.41, 5.74) is 1.38. The maximum atomic E-state index is 3.76. The quantitative estimate of drug-likeness (QED) is 0.878. The van der Waals surface area contributed by atoms with E-state index in [9.17, 15) is 0 Å². The van der Waals surface area contributed by atoms with Crippen LogP contribution in [-0.2, 0) is 0 Å². The second-order valence-corrected chi connectivity index (χ2v) is 5.75. The predicted octanol–water partition coefficient (Wildman–Crippen LogP) is 3.07. The number of nitrogens with one attached hydrogen (secondary N) is 1. The Kier molecular flexibility index (Phi) is 4.79. The summed E-state index contributed by atoms with van der Waals surface area (Å²) < 4.78 is 0. The zero-order valence-electron chi connectivity index (χ0n) is 11.9. The smallest absolute Gasteiger partial charge is 0.0294 e. The lowest BCUT2D eigenvalue weighted by Crippen LogP contribution is -2.43. The molecule has 1 aliphatic heterocycles. The van der Waals surface area contributed by atoms with E-state index in [2.05, 4.69) is 61.4 Å². The van der Waals surface area contributed by atoms with Gasteiger partial charge in [-0.2, -0.15) is 0 Å². The number of rotatable bonds is 4. The van der Waals surface area contributed by atoms with Crippen LogP contribution in [-0.4, -0.2) is 31.1 Å². The average molecular weight is 246 g/mol. The van der Waals surface area contributed by atoms with Crippen LogP contribution in [0.1, 0.15) is 38.3 Å². The molecule has 1 heterocycles. The van der Waals surface area contributed by atoms with Gasteiger partial charge < -0.3 is 10.2 Å². The molecule has 3 atom stereocenters. The first-order chi connectivity index (χ1) is 8.66. The fourth-order valence-corrected chi connectivity index (χ4v) is 2.98. The Hall–Kier alpha value is -0.860. The third-order valence-electron chi connectivity index (χ3n) is 4.18. The van der Waals surface area contributed by atoms with Crippen LogP contribution in [0.2, 0.25) is 0 Å². The van der Waals surface area contributed by atoms with Crippen molar-refractivity contribution in [2.24, 2.45) is 5.92 Å². The van der Waals surface area contributed by atoms with Gasteiger partial charge in [0.05, 0.1) is 0 Å². The summed E-state index contributed by atoms with van der Waals surface area (Å²) in [5, 5.41) is 3.76. The first kappa shape index (κ1) is 13.6. The summed E-state index contributed by atoms with van der Waals surface area (Å²) in [4.78, 5) is 2.46. The van der Waals surface area contributed by atoms with Crippen LogP contribution in [0, 0.1) is 5.92 Å². The normalized spacial score (nSPS) is 24.7. The fraction of sp³-hybridized carbons (Fsp3) is 0.625. The van der Waals surface area contributed by atoms with Crippen molar-refractivity contribution in [3.63, 3.8) is 0 Å². The number of likely N-dealkylation sites (tertiary alicyclic amines) is 1. The molecule has 100 valence electrons. The molecule has 1 N–H and O–H groups in total. The molecule has 0 aliphatic carbocycles. The minimum atomic E-state index is 0.438. The highest BCUT2D eigenvalue weighted by atomic mass is 15.1. The molecular weight excluding hydrogens is 220 g/mol. The molecule has 2 rings (SSSR count). The van der Waals surface area contributed by atoms with Crippen LogP contribution < -0.4 is 5.32 Å². The molecule has 2 heteroatoms. The Morgan fingerprint density at radius 3 is 2.61 bits per heavy atom. The van der Waals surface area contributed by atoms with E-state index in [0.717, 1.165) is 5.92 Å². The SMILES string of the molecule is CC(N[C@H](C)c1ccccc1)C1CCCN(C)C1. The van der Waals surface area contributed by atoms with Crippen LogP contribution >= 0.6 is 0 Å². The molecule has 1 saturated heterocycles. The van der Waals surface area contributed by atoms with Crippen LogP contribution in [0.4, 0.5) is 0 Å². The topological polar surface area (TPSA) is 15.3 Å². The van der Waals surface area contributed by atoms with Gasteiger partial charge in [0, 0.05) is 18.6 Å². The van der Waals surface area contributed by atoms with Crippen LogP contribution in [0.15, 0.2) is 30.3 Å². The van der Waals surface area contributed by atoms with Gasteiger partial charge in [0.1, 0.15) is 0 Å². The van der Waals surface area contributed by atoms with Gasteiger partial charge in [0.25, 0.3) is 0 Å². The van der Waals surface area contributed by atoms with Crippen molar-refractivity contribution in [1.29, 1.82) is 0 Å². The minimum Gasteiger partial charge on any atom is -0.307 e. The van der Waals surface area contributed by atoms with E-state index in [1.165, 1.54) is 31.5 Å². The summed E-state index contributed by atoms with van der Waals surface area (Å²) in [6.45, 7) is 7.09. The third-order valence-corrected chi connectivity index (χ3v) is 4.18. The van der Waals surface area contributed by atoms with Crippen molar-refractivity contribution in [1.82, 2.24) is 10.2 Å². The Bertz CT molecular complexity index is 349. The lowest BCUT2D eigenvalue weighted by atomic mass is 9.91. The van der Waals surface area contributed by atoms with E-state index in [0.29, 0.717) is 12.1 Å². The van der Waals surface area contributed by atoms with E-state index in [4.69, 9.17) is 0 Å². The van der Waals surface area contributed by atoms with Crippen LogP contribution in [0.25, 0.3) is 0 Å². The highest BCUT2D eigenvalue weighted by Gasteiger charge is 2.23. The number of hydrogen-bond donors (Lipinski definition) is 1. The third kappa shape index (κ3) is 3.56. The standard InChI is InChI=1S/C16H26N2/c1-13(15-8-5-4-6-9-15)17-14(2)16-10-7-11-18(3)12-16/h4-6,8-9,13-14,16-17H,7,10-12H2,1-3H3/t13-,14?,16?/m1/s1. The molecule has 2 nitrogen and oxygen atoms in total. The molecule has 18 heavy (non-hydrogen) atoms. The van der Waals surface area contributed by atoms with E-state index < -0.39 is 0 Å². The molecule has 0 saturated carbocycles. The van der Waals surface area contributed by atoms with Gasteiger partial charge in [-0.05, 0) is 51.8 Å². The maximum Gasteiger partial charge on any atom is 0.0294 e. The molecule has 1 aromatic rings. The van der Waals surface area contributed by atoms with Crippen molar-refractivity contribution in [3.05, 3.63) is 35.9 Å². The van der Waals surface area contributed by atoms with Gasteiger partial charge in [-0.15, -0.1) is 0 Å². The summed E-state index contributed by atoms with van der Waals surface area (Å²) in [6.07, 6.45) is 2.70. The van der Waals surface area contributed by atoms with Gasteiger partial charge in [0.2, 0.25) is 0 Å². The van der Waals surface area contributed by atoms with Crippen molar-refractivity contribution < 1.29 is 0 Å². The Balaban J connectivity index is 1.88. The molecule has 0 radical (unpaired) electrons. The second-order valence-electron chi connectivity index (χ2n) is 5.75. The molecule has 0 spiro atoms. The molecule has 2 unspecified atom stereocenters. The van der Waals surface area contributed by atoms with Crippen LogP contribution in [0.3, 0.4) is 0 Å². The van der Waals surface area contributed by atoms with Gasteiger partial charge in [-0.25, -0.2) is 0 Å². The van der Waals surface area contributed by atoms with Crippen LogP contribution in [0.5, 0.6) is 0 Å². The maximum absolute atomic E-state index is 3.76. The van der Waals surface area contributed by atoms with E-state index in [-0.39, 0.29) is 0 Å². The molecule has 0 bridgehead atoms. The molecule has 1 aliphatic rings. The Morgan fingerprint density at radius 2 is 1.94 bits per heavy atom. The number of piperidine rings is 1. The first-order valence-corrected chi connectivity index (χ1v) is 7.16. The monoisotopic (exact) mass is 246 g/mol. The van der Waals surface area contributed by atoms with Gasteiger partial charge >= 0.3 is 0 Å². The van der Waals surface area contributed by atoms with Gasteiger partial charge in [0.15, 0.2) is 0 Å². The predicted molar refractivity (Wildman–Crippen MR) is 77.7 cm³/mol. The van der Waals surface area contributed by atoms with Crippen molar-refractivity contribution in [3.8, 4) is 0 Å². The Morgan fingerprint density at radius 1 is 1.22 bits per heavy atom. The van der Waals surface area contributed by atoms with E-state index in [1.807, 2.05) is 0 Å².